The lowest BCUT2D eigenvalue weighted by Crippen LogP contribution is -2.06. The topological polar surface area (TPSA) is 12.9 Å². The van der Waals surface area contributed by atoms with Crippen molar-refractivity contribution in [1.29, 1.82) is 0 Å². The van der Waals surface area contributed by atoms with Crippen molar-refractivity contribution in [3.63, 3.8) is 0 Å². The van der Waals surface area contributed by atoms with Crippen molar-refractivity contribution in [2.45, 2.75) is 38.0 Å². The van der Waals surface area contributed by atoms with E-state index in [0.717, 1.165) is 5.69 Å². The normalized spacial score (nSPS) is 18.8. The molecule has 1 aliphatic carbocycles. The standard InChI is InChI=1S/C11H14FN/c12-10-6-7-13-11(8-10)9-4-2-1-3-5-9/h6-9H,1-5H2. The highest BCUT2D eigenvalue weighted by Gasteiger charge is 2.16. The van der Waals surface area contributed by atoms with Crippen molar-refractivity contribution in [2.75, 3.05) is 0 Å². The van der Waals surface area contributed by atoms with Gasteiger partial charge < -0.3 is 0 Å². The summed E-state index contributed by atoms with van der Waals surface area (Å²) in [6.45, 7) is 0. The molecule has 1 fully saturated rings. The van der Waals surface area contributed by atoms with Crippen LogP contribution in [0.1, 0.15) is 43.7 Å². The molecule has 0 aromatic carbocycles. The van der Waals surface area contributed by atoms with Crippen LogP contribution in [0.4, 0.5) is 4.39 Å². The van der Waals surface area contributed by atoms with E-state index in [-0.39, 0.29) is 5.82 Å². The fraction of sp³-hybridized carbons (Fsp3) is 0.545. The van der Waals surface area contributed by atoms with E-state index in [1.807, 2.05) is 0 Å². The van der Waals surface area contributed by atoms with Gasteiger partial charge in [0.1, 0.15) is 5.82 Å². The summed E-state index contributed by atoms with van der Waals surface area (Å²) in [5, 5.41) is 0. The van der Waals surface area contributed by atoms with Gasteiger partial charge in [-0.05, 0) is 25.0 Å². The maximum absolute atomic E-state index is 12.9. The molecule has 0 radical (unpaired) electrons. The lowest BCUT2D eigenvalue weighted by molar-refractivity contribution is 0.434. The first-order chi connectivity index (χ1) is 6.36. The van der Waals surface area contributed by atoms with E-state index in [1.165, 1.54) is 38.2 Å². The van der Waals surface area contributed by atoms with Crippen LogP contribution in [0.3, 0.4) is 0 Å². The number of hydrogen-bond donors (Lipinski definition) is 0. The smallest absolute Gasteiger partial charge is 0.126 e. The number of nitrogens with zero attached hydrogens (tertiary/aromatic N) is 1. The largest absolute Gasteiger partial charge is 0.261 e. The molecule has 1 nitrogen and oxygen atoms in total. The highest BCUT2D eigenvalue weighted by Crippen LogP contribution is 2.31. The summed E-state index contributed by atoms with van der Waals surface area (Å²) in [5.41, 5.74) is 0.944. The van der Waals surface area contributed by atoms with E-state index in [2.05, 4.69) is 4.98 Å². The van der Waals surface area contributed by atoms with Crippen molar-refractivity contribution in [2.24, 2.45) is 0 Å². The van der Waals surface area contributed by atoms with Crippen LogP contribution < -0.4 is 0 Å². The molecular weight excluding hydrogens is 165 g/mol. The molecule has 2 heteroatoms. The average Bonchev–Trinajstić information content (AvgIpc) is 2.19. The van der Waals surface area contributed by atoms with Crippen molar-refractivity contribution in [3.8, 4) is 0 Å². The van der Waals surface area contributed by atoms with Gasteiger partial charge in [0.05, 0.1) is 0 Å². The molecule has 0 aliphatic heterocycles. The molecule has 0 saturated heterocycles. The predicted molar refractivity (Wildman–Crippen MR) is 50.0 cm³/mol. The number of halogens is 1. The monoisotopic (exact) mass is 179 g/mol. The molecule has 0 spiro atoms. The third-order valence-corrected chi connectivity index (χ3v) is 2.77. The summed E-state index contributed by atoms with van der Waals surface area (Å²) < 4.78 is 12.9. The third kappa shape index (κ3) is 2.06. The van der Waals surface area contributed by atoms with Gasteiger partial charge in [-0.2, -0.15) is 0 Å². The maximum Gasteiger partial charge on any atom is 0.126 e. The number of hydrogen-bond acceptors (Lipinski definition) is 1. The number of pyridine rings is 1. The van der Waals surface area contributed by atoms with E-state index in [4.69, 9.17) is 0 Å². The van der Waals surface area contributed by atoms with Gasteiger partial charge in [-0.25, -0.2) is 4.39 Å². The Morgan fingerprint density at radius 1 is 1.23 bits per heavy atom. The molecule has 1 aliphatic rings. The maximum atomic E-state index is 12.9. The first-order valence-corrected chi connectivity index (χ1v) is 4.98. The van der Waals surface area contributed by atoms with Gasteiger partial charge in [0.15, 0.2) is 0 Å². The fourth-order valence-electron chi connectivity index (χ4n) is 2.04. The van der Waals surface area contributed by atoms with E-state index in [9.17, 15) is 4.39 Å². The van der Waals surface area contributed by atoms with Gasteiger partial charge in [-0.15, -0.1) is 0 Å². The Bertz CT molecular complexity index is 279. The molecule has 0 bridgehead atoms. The Morgan fingerprint density at radius 2 is 2.00 bits per heavy atom. The first kappa shape index (κ1) is 8.67. The molecule has 1 heterocycles. The van der Waals surface area contributed by atoms with Crippen LogP contribution in [-0.4, -0.2) is 4.98 Å². The molecule has 0 unspecified atom stereocenters. The van der Waals surface area contributed by atoms with Gasteiger partial charge in [0, 0.05) is 17.8 Å². The van der Waals surface area contributed by atoms with Crippen LogP contribution in [0.5, 0.6) is 0 Å². The highest BCUT2D eigenvalue weighted by molar-refractivity contribution is 5.11. The molecule has 1 saturated carbocycles. The van der Waals surface area contributed by atoms with Crippen molar-refractivity contribution in [1.82, 2.24) is 4.98 Å². The quantitative estimate of drug-likeness (QED) is 0.644. The molecule has 70 valence electrons. The van der Waals surface area contributed by atoms with Crippen molar-refractivity contribution >= 4 is 0 Å². The summed E-state index contributed by atoms with van der Waals surface area (Å²) in [5.74, 6) is 0.347. The van der Waals surface area contributed by atoms with E-state index >= 15 is 0 Å². The number of rotatable bonds is 1. The molecule has 1 aromatic heterocycles. The van der Waals surface area contributed by atoms with Gasteiger partial charge >= 0.3 is 0 Å². The summed E-state index contributed by atoms with van der Waals surface area (Å²) in [7, 11) is 0. The summed E-state index contributed by atoms with van der Waals surface area (Å²) >= 11 is 0. The number of aromatic nitrogens is 1. The predicted octanol–water partition coefficient (Wildman–Crippen LogP) is 3.27. The van der Waals surface area contributed by atoms with Gasteiger partial charge in [0.2, 0.25) is 0 Å². The molecule has 0 amide bonds. The Balaban J connectivity index is 2.14. The minimum atomic E-state index is -0.157. The lowest BCUT2D eigenvalue weighted by atomic mass is 9.87. The van der Waals surface area contributed by atoms with Gasteiger partial charge in [0.25, 0.3) is 0 Å². The Morgan fingerprint density at radius 3 is 2.69 bits per heavy atom. The summed E-state index contributed by atoms with van der Waals surface area (Å²) in [4.78, 5) is 4.22. The first-order valence-electron chi connectivity index (χ1n) is 4.98. The van der Waals surface area contributed by atoms with E-state index < -0.39 is 0 Å². The van der Waals surface area contributed by atoms with Crippen molar-refractivity contribution in [3.05, 3.63) is 29.8 Å². The molecule has 2 rings (SSSR count). The van der Waals surface area contributed by atoms with Gasteiger partial charge in [-0.1, -0.05) is 19.3 Å². The zero-order valence-electron chi connectivity index (χ0n) is 7.67. The Kier molecular flexibility index (Phi) is 2.57. The molecule has 1 aromatic rings. The minimum Gasteiger partial charge on any atom is -0.261 e. The second-order valence-corrected chi connectivity index (χ2v) is 3.73. The van der Waals surface area contributed by atoms with Crippen molar-refractivity contribution < 1.29 is 4.39 Å². The molecule has 13 heavy (non-hydrogen) atoms. The second-order valence-electron chi connectivity index (χ2n) is 3.73. The lowest BCUT2D eigenvalue weighted by Gasteiger charge is -2.20. The van der Waals surface area contributed by atoms with Crippen LogP contribution >= 0.6 is 0 Å². The minimum absolute atomic E-state index is 0.157. The zero-order chi connectivity index (χ0) is 9.10. The molecule has 0 N–H and O–H groups in total. The average molecular weight is 179 g/mol. The SMILES string of the molecule is Fc1ccnc(C2CCCCC2)c1. The third-order valence-electron chi connectivity index (χ3n) is 2.77. The van der Waals surface area contributed by atoms with E-state index in [0.29, 0.717) is 5.92 Å². The van der Waals surface area contributed by atoms with Crippen LogP contribution in [0.15, 0.2) is 18.3 Å². The molecular formula is C11H14FN. The summed E-state index contributed by atoms with van der Waals surface area (Å²) in [6.07, 6.45) is 7.78. The van der Waals surface area contributed by atoms with Crippen LogP contribution in [0, 0.1) is 5.82 Å². The van der Waals surface area contributed by atoms with Crippen LogP contribution in [0.2, 0.25) is 0 Å². The van der Waals surface area contributed by atoms with Crippen LogP contribution in [0.25, 0.3) is 0 Å². The van der Waals surface area contributed by atoms with Gasteiger partial charge in [-0.3, -0.25) is 4.98 Å². The highest BCUT2D eigenvalue weighted by atomic mass is 19.1. The second kappa shape index (κ2) is 3.86. The zero-order valence-corrected chi connectivity index (χ0v) is 7.67. The Hall–Kier alpha value is -0.920. The summed E-state index contributed by atoms with van der Waals surface area (Å²) in [6, 6.07) is 2.99. The molecule has 0 atom stereocenters. The van der Waals surface area contributed by atoms with E-state index in [1.54, 1.807) is 12.3 Å². The Labute approximate surface area is 78.0 Å². The van der Waals surface area contributed by atoms with Crippen LogP contribution in [-0.2, 0) is 0 Å². The fourth-order valence-corrected chi connectivity index (χ4v) is 2.04.